The highest BCUT2D eigenvalue weighted by molar-refractivity contribution is 7.97. The third-order valence-electron chi connectivity index (χ3n) is 19.6. The number of aryl methyl sites for hydroxylation is 3. The van der Waals surface area contributed by atoms with Crippen LogP contribution < -0.4 is 4.74 Å². The van der Waals surface area contributed by atoms with Crippen LogP contribution in [0.3, 0.4) is 0 Å². The molecule has 0 aromatic heterocycles. The molecule has 0 amide bonds. The molecule has 7 aromatic carbocycles. The molecule has 7 aromatic rings. The Hall–Kier alpha value is -5.92. The summed E-state index contributed by atoms with van der Waals surface area (Å²) in [7, 11) is 0.473. The molecule has 0 spiro atoms. The quantitative estimate of drug-likeness (QED) is 0.0214. The summed E-state index contributed by atoms with van der Waals surface area (Å²) in [6, 6.07) is 60.4. The lowest BCUT2D eigenvalue weighted by molar-refractivity contribution is -0.162. The van der Waals surface area contributed by atoms with Crippen molar-refractivity contribution in [3.05, 3.63) is 215 Å². The van der Waals surface area contributed by atoms with E-state index in [2.05, 4.69) is 200 Å². The fourth-order valence-electron chi connectivity index (χ4n) is 13.9. The van der Waals surface area contributed by atoms with Crippen LogP contribution in [0.2, 0.25) is 0 Å². The molecule has 15 heteroatoms. The first-order chi connectivity index (χ1) is 47.7. The molecular formula is C84H117NO12S2. The Morgan fingerprint density at radius 1 is 0.576 bits per heavy atom. The van der Waals surface area contributed by atoms with Crippen LogP contribution in [0, 0.1) is 56.3 Å². The zero-order valence-electron chi connectivity index (χ0n) is 61.8. The van der Waals surface area contributed by atoms with Crippen molar-refractivity contribution in [3.63, 3.8) is 0 Å². The molecule has 0 heterocycles. The molecule has 0 saturated heterocycles. The average Bonchev–Trinajstić information content (AvgIpc) is 1.60. The highest BCUT2D eigenvalue weighted by atomic mass is 32.2. The second-order valence-corrected chi connectivity index (χ2v) is 30.6. The smallest absolute Gasteiger partial charge is 0.202 e. The van der Waals surface area contributed by atoms with Crippen molar-refractivity contribution < 1.29 is 56.0 Å². The van der Waals surface area contributed by atoms with Gasteiger partial charge in [0.2, 0.25) is 6.29 Å². The minimum absolute atomic E-state index is 0.0146. The van der Waals surface area contributed by atoms with Crippen molar-refractivity contribution in [2.24, 2.45) is 35.5 Å². The van der Waals surface area contributed by atoms with E-state index in [4.69, 9.17) is 43.0 Å². The maximum Gasteiger partial charge on any atom is 0.202 e. The summed E-state index contributed by atoms with van der Waals surface area (Å²) in [6.45, 7) is 28.3. The number of rotatable bonds is 28. The van der Waals surface area contributed by atoms with E-state index in [1.807, 2.05) is 19.1 Å². The van der Waals surface area contributed by atoms with Crippen LogP contribution in [0.25, 0.3) is 0 Å². The summed E-state index contributed by atoms with van der Waals surface area (Å²) in [5, 5.41) is 9.01. The molecule has 99 heavy (non-hydrogen) atoms. The zero-order chi connectivity index (χ0) is 71.7. The van der Waals surface area contributed by atoms with Crippen LogP contribution in [-0.2, 0) is 60.6 Å². The van der Waals surface area contributed by atoms with E-state index in [-0.39, 0.29) is 22.1 Å². The second kappa shape index (κ2) is 43.8. The normalized spacial score (nSPS) is 19.5. The maximum atomic E-state index is 10.8. The van der Waals surface area contributed by atoms with Gasteiger partial charge in [-0.15, -0.1) is 0 Å². The Balaban J connectivity index is 0.000000193. The predicted octanol–water partition coefficient (Wildman–Crippen LogP) is 18.7. The summed E-state index contributed by atoms with van der Waals surface area (Å²) < 4.78 is 75.7. The number of phenolic OH excluding ortho intramolecular Hbond substituents is 1. The lowest BCUT2D eigenvalue weighted by Gasteiger charge is -2.35. The van der Waals surface area contributed by atoms with Crippen LogP contribution in [0.4, 0.5) is 0 Å². The van der Waals surface area contributed by atoms with Crippen molar-refractivity contribution in [2.75, 3.05) is 81.2 Å². The Bertz CT molecular complexity index is 3290. The maximum absolute atomic E-state index is 10.8. The van der Waals surface area contributed by atoms with E-state index in [1.54, 1.807) is 70.6 Å². The molecule has 3 saturated carbocycles. The van der Waals surface area contributed by atoms with Crippen molar-refractivity contribution in [1.82, 2.24) is 4.90 Å². The van der Waals surface area contributed by atoms with Gasteiger partial charge < -0.3 is 47.6 Å². The molecule has 0 radical (unpaired) electrons. The van der Waals surface area contributed by atoms with Gasteiger partial charge in [0.1, 0.15) is 42.0 Å². The van der Waals surface area contributed by atoms with E-state index in [9.17, 15) is 13.0 Å². The topological polar surface area (TPSA) is 155 Å². The first-order valence-electron chi connectivity index (χ1n) is 35.9. The van der Waals surface area contributed by atoms with E-state index in [0.717, 1.165) is 72.9 Å². The van der Waals surface area contributed by atoms with E-state index < -0.39 is 10.1 Å². The molecule has 10 atom stereocenters. The molecule has 4 aliphatic carbocycles. The minimum atomic E-state index is -4.33. The van der Waals surface area contributed by atoms with Crippen LogP contribution in [0.1, 0.15) is 157 Å². The second-order valence-electron chi connectivity index (χ2n) is 27.2. The number of fused-ring (bicyclic) bond motifs is 6. The number of benzene rings is 7. The SMILES string of the molecule is CC1Cc2ccccc2C1C.CCC(C)c1ccc(O)cc1.CCC(C)c1ccc(OC(OC2CC3CC2C2CCCC32)C(C)C)cc1.COCOCCN(CCOCOC)CCOCOC.Cc1cc(C)c(S(=O)(=O)[O-])c(C)c1.c1ccc([S+](c2ccccc2)c2ccccc2)cc1. The highest BCUT2D eigenvalue weighted by Gasteiger charge is 2.55. The molecule has 2 bridgehead atoms. The van der Waals surface area contributed by atoms with Gasteiger partial charge in [-0.25, -0.2) is 8.42 Å². The third-order valence-corrected chi connectivity index (χ3v) is 23.0. The van der Waals surface area contributed by atoms with Crippen LogP contribution >= 0.6 is 0 Å². The average molecular weight is 1400 g/mol. The Morgan fingerprint density at radius 3 is 1.45 bits per heavy atom. The molecular weight excluding hydrogens is 1280 g/mol. The lowest BCUT2D eigenvalue weighted by atomic mass is 9.80. The summed E-state index contributed by atoms with van der Waals surface area (Å²) in [5.41, 5.74) is 7.82. The first kappa shape index (κ1) is 82.0. The van der Waals surface area contributed by atoms with Crippen LogP contribution in [0.15, 0.2) is 196 Å². The Kier molecular flexibility index (Phi) is 36.3. The van der Waals surface area contributed by atoms with Crippen molar-refractivity contribution in [3.8, 4) is 11.5 Å². The van der Waals surface area contributed by atoms with Gasteiger partial charge in [0.05, 0.1) is 41.7 Å². The van der Waals surface area contributed by atoms with Crippen LogP contribution in [0.5, 0.6) is 11.5 Å². The molecule has 542 valence electrons. The van der Waals surface area contributed by atoms with Crippen LogP contribution in [-0.4, -0.2) is 117 Å². The van der Waals surface area contributed by atoms with Crippen molar-refractivity contribution >= 4 is 21.0 Å². The zero-order valence-corrected chi connectivity index (χ0v) is 63.4. The standard InChI is InChI=1S/C24H36O2.C18H15S.C12H27NO6.C11H14.C10H14O.C9H12O3S/c1-5-16(4)17-9-11-19(12-10-17)25-24(15(2)3)26-23-14-18-13-22(23)21-8-6-7-20(18)21;1-4-10-16(11-5-1)19(17-12-6-2-7-13-17)18-14-8-3-9-15-18;1-14-10-17-7-4-13(5-8-18-11-15-2)6-9-19-12-16-3;1-8-7-10-5-3-4-6-11(10)9(8)2;1-3-8(2)9-4-6-10(11)7-5-9;1-6-4-7(2)9(8(3)5-6)13(10,11)12/h9-12,15-16,18,20-24H,5-8,13-14H2,1-4H3;1-15H;4-12H2,1-3H3;3-6,8-9H,7H2,1-2H3;4-8,11H,3H2,1-2H3;4-5H,1-3H3,(H,10,11,12)/q;+1;;;;/p-1. The summed E-state index contributed by atoms with van der Waals surface area (Å²) >= 11 is 0. The van der Waals surface area contributed by atoms with Gasteiger partial charge in [0.25, 0.3) is 0 Å². The number of nitrogens with zero attached hydrogens (tertiary/aromatic N) is 1. The van der Waals surface area contributed by atoms with Gasteiger partial charge in [-0.2, -0.15) is 0 Å². The molecule has 1 N–H and O–H groups in total. The minimum Gasteiger partial charge on any atom is -0.744 e. The molecule has 3 fully saturated rings. The molecule has 10 unspecified atom stereocenters. The monoisotopic (exact) mass is 1400 g/mol. The van der Waals surface area contributed by atoms with E-state index >= 15 is 0 Å². The number of methoxy groups -OCH3 is 3. The van der Waals surface area contributed by atoms with Gasteiger partial charge >= 0.3 is 0 Å². The summed E-state index contributed by atoms with van der Waals surface area (Å²) in [6.07, 6.45) is 10.9. The molecule has 0 aliphatic heterocycles. The molecule has 4 aliphatic rings. The number of phenols is 1. The Labute approximate surface area is 598 Å². The largest absolute Gasteiger partial charge is 0.744 e. The number of ether oxygens (including phenoxy) is 8. The fraction of sp³-hybridized carbons (Fsp3) is 0.500. The molecule has 13 nitrogen and oxygen atoms in total. The number of hydrogen-bond acceptors (Lipinski definition) is 13. The summed E-state index contributed by atoms with van der Waals surface area (Å²) in [4.78, 5) is 6.19. The van der Waals surface area contributed by atoms with Gasteiger partial charge in [0, 0.05) is 46.9 Å². The van der Waals surface area contributed by atoms with Gasteiger partial charge in [-0.3, -0.25) is 4.90 Å². The molecule has 11 rings (SSSR count). The van der Waals surface area contributed by atoms with Crippen molar-refractivity contribution in [2.45, 2.75) is 177 Å². The number of aromatic hydroxyl groups is 1. The Morgan fingerprint density at radius 2 is 1.02 bits per heavy atom. The van der Waals surface area contributed by atoms with Gasteiger partial charge in [-0.1, -0.05) is 183 Å². The van der Waals surface area contributed by atoms with Crippen molar-refractivity contribution in [1.29, 1.82) is 0 Å². The van der Waals surface area contributed by atoms with Gasteiger partial charge in [0.15, 0.2) is 14.7 Å². The fourth-order valence-corrected chi connectivity index (χ4v) is 16.9. The number of hydrogen-bond donors (Lipinski definition) is 1. The summed E-state index contributed by atoms with van der Waals surface area (Å²) in [5.74, 6) is 8.15. The predicted molar refractivity (Wildman–Crippen MR) is 401 cm³/mol. The highest BCUT2D eigenvalue weighted by Crippen LogP contribution is 2.59. The van der Waals surface area contributed by atoms with E-state index in [1.165, 1.54) is 70.8 Å². The lowest BCUT2D eigenvalue weighted by Crippen LogP contribution is -2.37. The van der Waals surface area contributed by atoms with Gasteiger partial charge in [-0.05, 0) is 207 Å². The first-order valence-corrected chi connectivity index (χ1v) is 38.5. The van der Waals surface area contributed by atoms with E-state index in [0.29, 0.717) is 80.9 Å². The third kappa shape index (κ3) is 26.8.